The van der Waals surface area contributed by atoms with Crippen LogP contribution in [-0.4, -0.2) is 55.8 Å². The largest absolute Gasteiger partial charge is 0.495 e. The van der Waals surface area contributed by atoms with Gasteiger partial charge in [-0.05, 0) is 50.1 Å². The Balaban J connectivity index is 2.01. The molecule has 1 aromatic heterocycles. The summed E-state index contributed by atoms with van der Waals surface area (Å²) >= 11 is 0. The number of carbonyl (C=O) groups is 1. The summed E-state index contributed by atoms with van der Waals surface area (Å²) in [6, 6.07) is 10.1. The van der Waals surface area contributed by atoms with Gasteiger partial charge in [0.25, 0.3) is 5.91 Å². The molecule has 2 aromatic rings. The SMILES string of the molecule is COc1ccc(C(=O)N(C2CC2)C(C)c2ccccn2)cc1S(=O)(=O)N(C)C. The Labute approximate surface area is 166 Å². The zero-order valence-electron chi connectivity index (χ0n) is 16.5. The van der Waals surface area contributed by atoms with E-state index in [2.05, 4.69) is 4.98 Å². The number of pyridine rings is 1. The van der Waals surface area contributed by atoms with Crippen LogP contribution < -0.4 is 4.74 Å². The summed E-state index contributed by atoms with van der Waals surface area (Å²) in [4.78, 5) is 19.5. The molecule has 1 aromatic carbocycles. The predicted molar refractivity (Wildman–Crippen MR) is 106 cm³/mol. The van der Waals surface area contributed by atoms with Gasteiger partial charge in [0.15, 0.2) is 0 Å². The van der Waals surface area contributed by atoms with Gasteiger partial charge in [0.1, 0.15) is 10.6 Å². The number of sulfonamides is 1. The van der Waals surface area contributed by atoms with E-state index in [1.807, 2.05) is 25.1 Å². The summed E-state index contributed by atoms with van der Waals surface area (Å²) in [5.74, 6) is -0.000455. The van der Waals surface area contributed by atoms with Crippen LogP contribution >= 0.6 is 0 Å². The summed E-state index contributed by atoms with van der Waals surface area (Å²) < 4.78 is 31.7. The van der Waals surface area contributed by atoms with Crippen LogP contribution in [0.15, 0.2) is 47.5 Å². The molecule has 0 aliphatic heterocycles. The van der Waals surface area contributed by atoms with Crippen molar-refractivity contribution < 1.29 is 17.9 Å². The third-order valence-electron chi connectivity index (χ3n) is 4.88. The lowest BCUT2D eigenvalue weighted by atomic mass is 10.1. The molecule has 0 spiro atoms. The molecule has 0 bridgehead atoms. The van der Waals surface area contributed by atoms with E-state index in [1.165, 1.54) is 33.3 Å². The molecule has 3 rings (SSSR count). The molecule has 8 heteroatoms. The van der Waals surface area contributed by atoms with Crippen molar-refractivity contribution in [3.05, 3.63) is 53.9 Å². The van der Waals surface area contributed by atoms with Crippen LogP contribution in [0.5, 0.6) is 5.75 Å². The standard InChI is InChI=1S/C20H25N3O4S/c1-14(17-7-5-6-12-21-17)23(16-9-10-16)20(24)15-8-11-18(27-4)19(13-15)28(25,26)22(2)3/h5-8,11-14,16H,9-10H2,1-4H3. The highest BCUT2D eigenvalue weighted by Gasteiger charge is 2.37. The van der Waals surface area contributed by atoms with Crippen LogP contribution in [-0.2, 0) is 10.0 Å². The predicted octanol–water partition coefficient (Wildman–Crippen LogP) is 2.71. The Morgan fingerprint density at radius 3 is 2.46 bits per heavy atom. The Hall–Kier alpha value is -2.45. The van der Waals surface area contributed by atoms with E-state index in [0.29, 0.717) is 5.56 Å². The first-order valence-corrected chi connectivity index (χ1v) is 10.6. The van der Waals surface area contributed by atoms with Crippen LogP contribution in [0.25, 0.3) is 0 Å². The molecule has 0 saturated heterocycles. The monoisotopic (exact) mass is 403 g/mol. The molecule has 1 heterocycles. The van der Waals surface area contributed by atoms with Gasteiger partial charge in [0, 0.05) is 31.9 Å². The molecule has 1 aliphatic carbocycles. The second-order valence-electron chi connectivity index (χ2n) is 7.03. The molecule has 0 N–H and O–H groups in total. The Kier molecular flexibility index (Phi) is 5.71. The third-order valence-corrected chi connectivity index (χ3v) is 6.71. The van der Waals surface area contributed by atoms with Gasteiger partial charge in [0.2, 0.25) is 10.0 Å². The zero-order valence-corrected chi connectivity index (χ0v) is 17.3. The first kappa shape index (κ1) is 20.3. The number of hydrogen-bond acceptors (Lipinski definition) is 5. The topological polar surface area (TPSA) is 79.8 Å². The Morgan fingerprint density at radius 2 is 1.93 bits per heavy atom. The summed E-state index contributed by atoms with van der Waals surface area (Å²) in [6.45, 7) is 1.94. The number of methoxy groups -OCH3 is 1. The molecule has 28 heavy (non-hydrogen) atoms. The normalized spacial score (nSPS) is 15.3. The van der Waals surface area contributed by atoms with Crippen LogP contribution in [0.2, 0.25) is 0 Å². The van der Waals surface area contributed by atoms with Crippen molar-refractivity contribution in [1.82, 2.24) is 14.2 Å². The number of hydrogen-bond donors (Lipinski definition) is 0. The van der Waals surface area contributed by atoms with Crippen molar-refractivity contribution in [2.75, 3.05) is 21.2 Å². The Morgan fingerprint density at radius 1 is 1.21 bits per heavy atom. The van der Waals surface area contributed by atoms with Gasteiger partial charge in [-0.15, -0.1) is 0 Å². The van der Waals surface area contributed by atoms with Gasteiger partial charge in [-0.2, -0.15) is 0 Å². The van der Waals surface area contributed by atoms with Gasteiger partial charge in [-0.25, -0.2) is 12.7 Å². The molecule has 1 amide bonds. The van der Waals surface area contributed by atoms with Gasteiger partial charge in [-0.3, -0.25) is 9.78 Å². The minimum absolute atomic E-state index is 0.0212. The fourth-order valence-electron chi connectivity index (χ4n) is 3.13. The van der Waals surface area contributed by atoms with Crippen LogP contribution in [0, 0.1) is 0 Å². The number of carbonyl (C=O) groups excluding carboxylic acids is 1. The van der Waals surface area contributed by atoms with E-state index < -0.39 is 10.0 Å². The van der Waals surface area contributed by atoms with Crippen LogP contribution in [0.4, 0.5) is 0 Å². The lowest BCUT2D eigenvalue weighted by Gasteiger charge is -2.29. The molecular weight excluding hydrogens is 378 g/mol. The van der Waals surface area contributed by atoms with Gasteiger partial charge >= 0.3 is 0 Å². The molecule has 150 valence electrons. The molecule has 0 radical (unpaired) electrons. The minimum Gasteiger partial charge on any atom is -0.495 e. The highest BCUT2D eigenvalue weighted by molar-refractivity contribution is 7.89. The molecule has 7 nitrogen and oxygen atoms in total. The molecule has 1 saturated carbocycles. The third kappa shape index (κ3) is 3.88. The molecular formula is C20H25N3O4S. The van der Waals surface area contributed by atoms with E-state index in [9.17, 15) is 13.2 Å². The number of benzene rings is 1. The number of ether oxygens (including phenoxy) is 1. The highest BCUT2D eigenvalue weighted by Crippen LogP contribution is 2.36. The van der Waals surface area contributed by atoms with E-state index in [-0.39, 0.29) is 28.6 Å². The van der Waals surface area contributed by atoms with E-state index in [4.69, 9.17) is 4.74 Å². The molecule has 1 fully saturated rings. The van der Waals surface area contributed by atoms with E-state index in [0.717, 1.165) is 22.8 Å². The van der Waals surface area contributed by atoms with Crippen molar-refractivity contribution in [3.8, 4) is 5.75 Å². The first-order valence-electron chi connectivity index (χ1n) is 9.11. The van der Waals surface area contributed by atoms with Gasteiger partial charge in [-0.1, -0.05) is 6.07 Å². The van der Waals surface area contributed by atoms with Crippen molar-refractivity contribution in [3.63, 3.8) is 0 Å². The van der Waals surface area contributed by atoms with E-state index in [1.54, 1.807) is 17.2 Å². The fraction of sp³-hybridized carbons (Fsp3) is 0.400. The second kappa shape index (κ2) is 7.89. The van der Waals surface area contributed by atoms with Crippen molar-refractivity contribution in [1.29, 1.82) is 0 Å². The van der Waals surface area contributed by atoms with Gasteiger partial charge in [0.05, 0.1) is 18.8 Å². The van der Waals surface area contributed by atoms with Gasteiger partial charge < -0.3 is 9.64 Å². The molecule has 1 atom stereocenters. The van der Waals surface area contributed by atoms with Crippen molar-refractivity contribution >= 4 is 15.9 Å². The summed E-state index contributed by atoms with van der Waals surface area (Å²) in [5, 5.41) is 0. The summed E-state index contributed by atoms with van der Waals surface area (Å²) in [5.41, 5.74) is 1.12. The minimum atomic E-state index is -3.75. The maximum atomic E-state index is 13.3. The van der Waals surface area contributed by atoms with Crippen LogP contribution in [0.3, 0.4) is 0 Å². The van der Waals surface area contributed by atoms with E-state index >= 15 is 0 Å². The fourth-order valence-corrected chi connectivity index (χ4v) is 4.21. The van der Waals surface area contributed by atoms with Crippen molar-refractivity contribution in [2.24, 2.45) is 0 Å². The maximum Gasteiger partial charge on any atom is 0.254 e. The number of aromatic nitrogens is 1. The molecule has 1 unspecified atom stereocenters. The summed E-state index contributed by atoms with van der Waals surface area (Å²) in [7, 11) is 0.549. The first-order chi connectivity index (χ1) is 13.3. The number of amides is 1. The highest BCUT2D eigenvalue weighted by atomic mass is 32.2. The molecule has 1 aliphatic rings. The average Bonchev–Trinajstić information content (AvgIpc) is 3.53. The quantitative estimate of drug-likeness (QED) is 0.710. The van der Waals surface area contributed by atoms with Crippen LogP contribution in [0.1, 0.15) is 41.9 Å². The zero-order chi connectivity index (χ0) is 20.5. The lowest BCUT2D eigenvalue weighted by molar-refractivity contribution is 0.0670. The smallest absolute Gasteiger partial charge is 0.254 e. The number of rotatable bonds is 7. The summed E-state index contributed by atoms with van der Waals surface area (Å²) in [6.07, 6.45) is 3.57. The van der Waals surface area contributed by atoms with Crippen molar-refractivity contribution in [2.45, 2.75) is 36.7 Å². The maximum absolute atomic E-state index is 13.3. The Bertz CT molecular complexity index is 957. The lowest BCUT2D eigenvalue weighted by Crippen LogP contribution is -2.36. The second-order valence-corrected chi connectivity index (χ2v) is 9.15. The average molecular weight is 404 g/mol. The number of nitrogens with zero attached hydrogens (tertiary/aromatic N) is 3.